The molecule has 0 saturated heterocycles. The number of anilines is 2. The number of rotatable bonds is 5. The highest BCUT2D eigenvalue weighted by molar-refractivity contribution is 7.14. The molecule has 0 amide bonds. The highest BCUT2D eigenvalue weighted by Gasteiger charge is 2.07. The first-order valence-electron chi connectivity index (χ1n) is 10.2. The van der Waals surface area contributed by atoms with Crippen LogP contribution < -0.4 is 5.32 Å². The smallest absolute Gasteiger partial charge is 0.187 e. The van der Waals surface area contributed by atoms with Gasteiger partial charge >= 0.3 is 0 Å². The van der Waals surface area contributed by atoms with Gasteiger partial charge in [-0.15, -0.1) is 11.3 Å². The molecule has 0 saturated carbocycles. The summed E-state index contributed by atoms with van der Waals surface area (Å²) >= 11 is 1.62. The van der Waals surface area contributed by atoms with Crippen LogP contribution in [0.25, 0.3) is 28.2 Å². The third kappa shape index (κ3) is 4.27. The highest BCUT2D eigenvalue weighted by atomic mass is 32.1. The fraction of sp³-hybridized carbons (Fsp3) is 0.0769. The lowest BCUT2D eigenvalue weighted by Crippen LogP contribution is -1.92. The summed E-state index contributed by atoms with van der Waals surface area (Å²) in [5.41, 5.74) is 8.77. The Labute approximate surface area is 185 Å². The van der Waals surface area contributed by atoms with Gasteiger partial charge in [0.1, 0.15) is 0 Å². The highest BCUT2D eigenvalue weighted by Crippen LogP contribution is 2.29. The number of aromatic nitrogens is 3. The number of imidazole rings is 1. The van der Waals surface area contributed by atoms with Gasteiger partial charge in [-0.1, -0.05) is 48.5 Å². The van der Waals surface area contributed by atoms with E-state index in [1.807, 2.05) is 29.1 Å². The zero-order valence-corrected chi connectivity index (χ0v) is 18.2. The first-order valence-corrected chi connectivity index (χ1v) is 11.0. The van der Waals surface area contributed by atoms with E-state index in [0.29, 0.717) is 0 Å². The van der Waals surface area contributed by atoms with Crippen molar-refractivity contribution in [1.82, 2.24) is 14.5 Å². The van der Waals surface area contributed by atoms with E-state index in [9.17, 15) is 0 Å². The van der Waals surface area contributed by atoms with E-state index in [2.05, 4.69) is 90.3 Å². The number of nitrogens with zero attached hydrogens (tertiary/aromatic N) is 3. The zero-order chi connectivity index (χ0) is 21.2. The van der Waals surface area contributed by atoms with Crippen molar-refractivity contribution in [3.05, 3.63) is 102 Å². The van der Waals surface area contributed by atoms with Crippen LogP contribution >= 0.6 is 11.3 Å². The van der Waals surface area contributed by atoms with Crippen LogP contribution in [0, 0.1) is 13.8 Å². The first kappa shape index (κ1) is 19.3. The molecule has 0 unspecified atom stereocenters. The van der Waals surface area contributed by atoms with E-state index in [0.717, 1.165) is 39.0 Å². The second-order valence-electron chi connectivity index (χ2n) is 7.62. The fourth-order valence-electron chi connectivity index (χ4n) is 3.66. The molecule has 0 aliphatic rings. The number of benzene rings is 3. The maximum Gasteiger partial charge on any atom is 0.187 e. The minimum absolute atomic E-state index is 0.895. The van der Waals surface area contributed by atoms with E-state index in [-0.39, 0.29) is 0 Å². The zero-order valence-electron chi connectivity index (χ0n) is 17.4. The number of thiazole rings is 1. The van der Waals surface area contributed by atoms with Gasteiger partial charge in [0.2, 0.25) is 0 Å². The first-order chi connectivity index (χ1) is 15.1. The molecule has 0 bridgehead atoms. The summed E-state index contributed by atoms with van der Waals surface area (Å²) in [7, 11) is 0. The molecule has 5 aromatic rings. The Bertz CT molecular complexity index is 1300. The minimum Gasteiger partial charge on any atom is -0.332 e. The van der Waals surface area contributed by atoms with Gasteiger partial charge in [-0.25, -0.2) is 9.97 Å². The van der Waals surface area contributed by atoms with Crippen LogP contribution in [0.4, 0.5) is 10.8 Å². The van der Waals surface area contributed by atoms with Crippen molar-refractivity contribution in [3.8, 4) is 28.2 Å². The van der Waals surface area contributed by atoms with Crippen LogP contribution in [0.3, 0.4) is 0 Å². The summed E-state index contributed by atoms with van der Waals surface area (Å²) in [5, 5.41) is 6.41. The summed E-state index contributed by atoms with van der Waals surface area (Å²) in [5.74, 6) is 0. The summed E-state index contributed by atoms with van der Waals surface area (Å²) in [6.07, 6.45) is 3.91. The molecule has 4 nitrogen and oxygen atoms in total. The molecular formula is C26H22N4S. The lowest BCUT2D eigenvalue weighted by Gasteiger charge is -2.06. The Morgan fingerprint density at radius 3 is 2.26 bits per heavy atom. The van der Waals surface area contributed by atoms with Gasteiger partial charge in [0.15, 0.2) is 5.13 Å². The van der Waals surface area contributed by atoms with Crippen LogP contribution in [0.15, 0.2) is 90.7 Å². The molecule has 152 valence electrons. The Morgan fingerprint density at radius 1 is 0.806 bits per heavy atom. The third-order valence-electron chi connectivity index (χ3n) is 5.09. The monoisotopic (exact) mass is 422 g/mol. The van der Waals surface area contributed by atoms with Crippen LogP contribution in [-0.2, 0) is 0 Å². The standard InChI is InChI=1S/C26H22N4S/c1-18-12-19(2)14-22(13-18)28-26-29-25(16-31-26)21-8-10-23(11-9-21)30-15-24(27-17-30)20-6-4-3-5-7-20/h3-17H,1-2H3,(H,28,29). The number of nitrogens with one attached hydrogen (secondary N) is 1. The van der Waals surface area contributed by atoms with Gasteiger partial charge in [0, 0.05) is 34.1 Å². The topological polar surface area (TPSA) is 42.7 Å². The van der Waals surface area contributed by atoms with Crippen LogP contribution in [0.5, 0.6) is 0 Å². The summed E-state index contributed by atoms with van der Waals surface area (Å²) in [6.45, 7) is 4.21. The molecule has 0 spiro atoms. The summed E-state index contributed by atoms with van der Waals surface area (Å²) < 4.78 is 2.04. The fourth-order valence-corrected chi connectivity index (χ4v) is 4.40. The van der Waals surface area contributed by atoms with Crippen molar-refractivity contribution < 1.29 is 0 Å². The van der Waals surface area contributed by atoms with Crippen molar-refractivity contribution in [1.29, 1.82) is 0 Å². The average Bonchev–Trinajstić information content (AvgIpc) is 3.44. The van der Waals surface area contributed by atoms with E-state index in [1.165, 1.54) is 11.1 Å². The number of hydrogen-bond donors (Lipinski definition) is 1. The van der Waals surface area contributed by atoms with Gasteiger partial charge < -0.3 is 9.88 Å². The predicted octanol–water partition coefficient (Wildman–Crippen LogP) is 7.02. The van der Waals surface area contributed by atoms with Gasteiger partial charge in [-0.05, 0) is 49.2 Å². The lowest BCUT2D eigenvalue weighted by atomic mass is 10.1. The van der Waals surface area contributed by atoms with Crippen molar-refractivity contribution in [2.24, 2.45) is 0 Å². The van der Waals surface area contributed by atoms with E-state index in [4.69, 9.17) is 4.98 Å². The maximum absolute atomic E-state index is 4.77. The Morgan fingerprint density at radius 2 is 1.52 bits per heavy atom. The minimum atomic E-state index is 0.895. The number of hydrogen-bond acceptors (Lipinski definition) is 4. The van der Waals surface area contributed by atoms with Crippen molar-refractivity contribution in [2.75, 3.05) is 5.32 Å². The molecule has 5 rings (SSSR count). The Balaban J connectivity index is 1.33. The van der Waals surface area contributed by atoms with Gasteiger partial charge in [-0.2, -0.15) is 0 Å². The predicted molar refractivity (Wildman–Crippen MR) is 129 cm³/mol. The van der Waals surface area contributed by atoms with E-state index >= 15 is 0 Å². The molecule has 0 aliphatic heterocycles. The Hall–Kier alpha value is -3.70. The SMILES string of the molecule is Cc1cc(C)cc(Nc2nc(-c3ccc(-n4cnc(-c5ccccc5)c4)cc3)cs2)c1. The normalized spacial score (nSPS) is 10.9. The van der Waals surface area contributed by atoms with E-state index < -0.39 is 0 Å². The van der Waals surface area contributed by atoms with Gasteiger partial charge in [0.25, 0.3) is 0 Å². The summed E-state index contributed by atoms with van der Waals surface area (Å²) in [6, 6.07) is 25.1. The molecule has 5 heteroatoms. The molecule has 0 atom stereocenters. The summed E-state index contributed by atoms with van der Waals surface area (Å²) in [4.78, 5) is 9.31. The molecule has 0 radical (unpaired) electrons. The molecule has 0 aliphatic carbocycles. The molecule has 2 heterocycles. The quantitative estimate of drug-likeness (QED) is 0.331. The van der Waals surface area contributed by atoms with Crippen LogP contribution in [0.1, 0.15) is 11.1 Å². The molecule has 3 aromatic carbocycles. The van der Waals surface area contributed by atoms with Crippen LogP contribution in [0.2, 0.25) is 0 Å². The van der Waals surface area contributed by atoms with Crippen molar-refractivity contribution in [2.45, 2.75) is 13.8 Å². The molecule has 0 fully saturated rings. The second kappa shape index (κ2) is 8.20. The van der Waals surface area contributed by atoms with Gasteiger partial charge in [0.05, 0.1) is 17.7 Å². The third-order valence-corrected chi connectivity index (χ3v) is 5.85. The molecule has 2 aromatic heterocycles. The second-order valence-corrected chi connectivity index (χ2v) is 8.48. The van der Waals surface area contributed by atoms with Crippen molar-refractivity contribution in [3.63, 3.8) is 0 Å². The molecular weight excluding hydrogens is 400 g/mol. The molecule has 1 N–H and O–H groups in total. The lowest BCUT2D eigenvalue weighted by molar-refractivity contribution is 1.06. The van der Waals surface area contributed by atoms with E-state index in [1.54, 1.807) is 11.3 Å². The Kier molecular flexibility index (Phi) is 5.10. The molecule has 31 heavy (non-hydrogen) atoms. The van der Waals surface area contributed by atoms with Crippen LogP contribution in [-0.4, -0.2) is 14.5 Å². The maximum atomic E-state index is 4.77. The van der Waals surface area contributed by atoms with Crippen molar-refractivity contribution >= 4 is 22.2 Å². The number of aryl methyl sites for hydroxylation is 2. The largest absolute Gasteiger partial charge is 0.332 e. The van der Waals surface area contributed by atoms with Gasteiger partial charge in [-0.3, -0.25) is 0 Å². The average molecular weight is 423 g/mol.